The van der Waals surface area contributed by atoms with Gasteiger partial charge < -0.3 is 5.32 Å². The van der Waals surface area contributed by atoms with Crippen LogP contribution in [-0.2, 0) is 0 Å². The third-order valence-corrected chi connectivity index (χ3v) is 3.28. The number of nitrogens with one attached hydrogen (secondary N) is 1. The Kier molecular flexibility index (Phi) is 3.37. The molecule has 0 aliphatic rings. The van der Waals surface area contributed by atoms with Crippen LogP contribution in [0.2, 0.25) is 0 Å². The van der Waals surface area contributed by atoms with Crippen LogP contribution in [0.1, 0.15) is 28.7 Å². The molecule has 0 fully saturated rings. The van der Waals surface area contributed by atoms with Crippen molar-refractivity contribution in [3.8, 4) is 0 Å². The molecule has 2 aromatic rings. The van der Waals surface area contributed by atoms with E-state index in [0.29, 0.717) is 11.3 Å². The molecule has 0 aromatic carbocycles. The van der Waals surface area contributed by atoms with Crippen molar-refractivity contribution in [1.82, 2.24) is 14.7 Å². The maximum Gasteiger partial charge on any atom is 0.275 e. The molecular formula is C10H9F2N3O2S. The van der Waals surface area contributed by atoms with Gasteiger partial charge in [-0.2, -0.15) is 0 Å². The number of rotatable bonds is 3. The number of aromatic nitrogens is 2. The molecule has 8 heteroatoms. The topological polar surface area (TPSA) is 63.5 Å². The number of halogens is 2. The second kappa shape index (κ2) is 4.81. The Bertz CT molecular complexity index is 650. The van der Waals surface area contributed by atoms with Gasteiger partial charge in [-0.3, -0.25) is 9.59 Å². The smallest absolute Gasteiger partial charge is 0.275 e. The van der Waals surface area contributed by atoms with Crippen LogP contribution in [0.15, 0.2) is 17.1 Å². The van der Waals surface area contributed by atoms with E-state index in [9.17, 15) is 18.4 Å². The molecule has 0 bridgehead atoms. The van der Waals surface area contributed by atoms with E-state index in [1.165, 1.54) is 6.20 Å². The molecule has 0 aliphatic carbocycles. The SMILES string of the molecule is CCNC(=O)c1c(C(F)F)sc2nccc(=O)n12. The lowest BCUT2D eigenvalue weighted by atomic mass is 10.3. The fourth-order valence-electron chi connectivity index (χ4n) is 1.53. The summed E-state index contributed by atoms with van der Waals surface area (Å²) in [6.07, 6.45) is -1.60. The number of carbonyl (C=O) groups excluding carboxylic acids is 1. The molecule has 2 heterocycles. The molecule has 0 saturated heterocycles. The van der Waals surface area contributed by atoms with E-state index in [4.69, 9.17) is 0 Å². The van der Waals surface area contributed by atoms with Gasteiger partial charge in [-0.1, -0.05) is 11.3 Å². The number of thiazole rings is 1. The number of fused-ring (bicyclic) bond motifs is 1. The Morgan fingerprint density at radius 2 is 2.33 bits per heavy atom. The van der Waals surface area contributed by atoms with E-state index in [0.717, 1.165) is 10.5 Å². The molecule has 0 unspecified atom stereocenters. The summed E-state index contributed by atoms with van der Waals surface area (Å²) in [7, 11) is 0. The minimum atomic E-state index is -2.83. The van der Waals surface area contributed by atoms with Gasteiger partial charge in [0.1, 0.15) is 10.6 Å². The van der Waals surface area contributed by atoms with Gasteiger partial charge in [-0.25, -0.2) is 18.2 Å². The summed E-state index contributed by atoms with van der Waals surface area (Å²) in [6.45, 7) is 1.95. The molecule has 2 rings (SSSR count). The summed E-state index contributed by atoms with van der Waals surface area (Å²) in [4.78, 5) is 26.9. The van der Waals surface area contributed by atoms with Gasteiger partial charge in [0, 0.05) is 18.8 Å². The number of amides is 1. The first-order chi connectivity index (χ1) is 8.56. The molecule has 18 heavy (non-hydrogen) atoms. The van der Waals surface area contributed by atoms with E-state index in [-0.39, 0.29) is 17.2 Å². The first-order valence-electron chi connectivity index (χ1n) is 5.13. The van der Waals surface area contributed by atoms with Crippen molar-refractivity contribution in [3.63, 3.8) is 0 Å². The van der Waals surface area contributed by atoms with Crippen molar-refractivity contribution in [2.24, 2.45) is 0 Å². The van der Waals surface area contributed by atoms with Crippen LogP contribution in [0.25, 0.3) is 4.96 Å². The third-order valence-electron chi connectivity index (χ3n) is 2.22. The quantitative estimate of drug-likeness (QED) is 0.920. The van der Waals surface area contributed by atoms with Gasteiger partial charge in [0.25, 0.3) is 17.9 Å². The van der Waals surface area contributed by atoms with Gasteiger partial charge in [0.05, 0.1) is 0 Å². The molecule has 1 N–H and O–H groups in total. The highest BCUT2D eigenvalue weighted by atomic mass is 32.1. The van der Waals surface area contributed by atoms with Gasteiger partial charge in [-0.15, -0.1) is 0 Å². The van der Waals surface area contributed by atoms with Crippen LogP contribution < -0.4 is 10.9 Å². The minimum Gasteiger partial charge on any atom is -0.351 e. The number of hydrogen-bond donors (Lipinski definition) is 1. The summed E-state index contributed by atoms with van der Waals surface area (Å²) in [5.74, 6) is -0.700. The number of alkyl halides is 2. The fourth-order valence-corrected chi connectivity index (χ4v) is 2.48. The predicted octanol–water partition coefficient (Wildman–Crippen LogP) is 1.44. The first kappa shape index (κ1) is 12.6. The van der Waals surface area contributed by atoms with E-state index < -0.39 is 22.8 Å². The Hall–Kier alpha value is -1.83. The monoisotopic (exact) mass is 273 g/mol. The minimum absolute atomic E-state index is 0.0825. The Balaban J connectivity index is 2.77. The van der Waals surface area contributed by atoms with Crippen LogP contribution in [-0.4, -0.2) is 21.8 Å². The second-order valence-corrected chi connectivity index (χ2v) is 4.39. The standard InChI is InChI=1S/C10H9F2N3O2S/c1-2-13-9(17)6-7(8(11)12)18-10-14-4-3-5(16)15(6)10/h3-4,8H,2H2,1H3,(H,13,17). The van der Waals surface area contributed by atoms with Crippen LogP contribution in [0.3, 0.4) is 0 Å². The Morgan fingerprint density at radius 3 is 2.94 bits per heavy atom. The van der Waals surface area contributed by atoms with Crippen LogP contribution in [0.5, 0.6) is 0 Å². The number of carbonyl (C=O) groups is 1. The van der Waals surface area contributed by atoms with E-state index in [1.807, 2.05) is 0 Å². The Labute approximate surface area is 104 Å². The van der Waals surface area contributed by atoms with Crippen molar-refractivity contribution in [1.29, 1.82) is 0 Å². The molecule has 0 radical (unpaired) electrons. The second-order valence-electron chi connectivity index (χ2n) is 3.38. The lowest BCUT2D eigenvalue weighted by Crippen LogP contribution is -2.28. The maximum absolute atomic E-state index is 12.9. The Morgan fingerprint density at radius 1 is 1.61 bits per heavy atom. The normalized spacial score (nSPS) is 11.1. The van der Waals surface area contributed by atoms with Gasteiger partial charge in [0.2, 0.25) is 0 Å². The zero-order chi connectivity index (χ0) is 13.3. The van der Waals surface area contributed by atoms with Crippen LogP contribution >= 0.6 is 11.3 Å². The van der Waals surface area contributed by atoms with Crippen molar-refractivity contribution < 1.29 is 13.6 Å². The molecule has 5 nitrogen and oxygen atoms in total. The average molecular weight is 273 g/mol. The molecule has 1 amide bonds. The van der Waals surface area contributed by atoms with Crippen molar-refractivity contribution in [3.05, 3.63) is 33.2 Å². The van der Waals surface area contributed by atoms with E-state index in [2.05, 4.69) is 10.3 Å². The lowest BCUT2D eigenvalue weighted by Gasteiger charge is -2.04. The number of hydrogen-bond acceptors (Lipinski definition) is 4. The van der Waals surface area contributed by atoms with Crippen molar-refractivity contribution in [2.45, 2.75) is 13.3 Å². The lowest BCUT2D eigenvalue weighted by molar-refractivity contribution is 0.0937. The highest BCUT2D eigenvalue weighted by Crippen LogP contribution is 2.30. The fraction of sp³-hybridized carbons (Fsp3) is 0.300. The summed E-state index contributed by atoms with van der Waals surface area (Å²) >= 11 is 0.641. The molecule has 0 atom stereocenters. The molecule has 0 spiro atoms. The highest BCUT2D eigenvalue weighted by molar-refractivity contribution is 7.17. The van der Waals surface area contributed by atoms with Gasteiger partial charge >= 0.3 is 0 Å². The van der Waals surface area contributed by atoms with Crippen LogP contribution in [0.4, 0.5) is 8.78 Å². The van der Waals surface area contributed by atoms with E-state index in [1.54, 1.807) is 6.92 Å². The zero-order valence-corrected chi connectivity index (χ0v) is 10.1. The number of nitrogens with zero attached hydrogens (tertiary/aromatic N) is 2. The summed E-state index contributed by atoms with van der Waals surface area (Å²) in [5.41, 5.74) is -0.880. The zero-order valence-electron chi connectivity index (χ0n) is 9.31. The molecular weight excluding hydrogens is 264 g/mol. The third kappa shape index (κ3) is 1.99. The van der Waals surface area contributed by atoms with E-state index >= 15 is 0 Å². The van der Waals surface area contributed by atoms with Crippen molar-refractivity contribution in [2.75, 3.05) is 6.54 Å². The average Bonchev–Trinajstić information content (AvgIpc) is 2.70. The largest absolute Gasteiger partial charge is 0.351 e. The summed E-state index contributed by atoms with van der Waals surface area (Å²) in [6, 6.07) is 1.12. The van der Waals surface area contributed by atoms with Crippen LogP contribution in [0, 0.1) is 0 Å². The summed E-state index contributed by atoms with van der Waals surface area (Å²) < 4.78 is 26.7. The predicted molar refractivity (Wildman–Crippen MR) is 62.3 cm³/mol. The molecule has 0 saturated carbocycles. The molecule has 0 aliphatic heterocycles. The van der Waals surface area contributed by atoms with Gasteiger partial charge in [0.15, 0.2) is 4.96 Å². The molecule has 2 aromatic heterocycles. The van der Waals surface area contributed by atoms with Gasteiger partial charge in [-0.05, 0) is 6.92 Å². The maximum atomic E-state index is 12.9. The summed E-state index contributed by atoms with van der Waals surface area (Å²) in [5, 5.41) is 2.41. The highest BCUT2D eigenvalue weighted by Gasteiger charge is 2.25. The molecule has 96 valence electrons. The van der Waals surface area contributed by atoms with Crippen molar-refractivity contribution >= 4 is 22.2 Å². The first-order valence-corrected chi connectivity index (χ1v) is 5.94.